The number of nitrogens with zero attached hydrogens (tertiary/aromatic N) is 1. The molecule has 1 N–H and O–H groups in total. The Morgan fingerprint density at radius 3 is 2.50 bits per heavy atom. The Labute approximate surface area is 171 Å². The molecule has 1 amide bonds. The van der Waals surface area contributed by atoms with Crippen molar-refractivity contribution in [3.63, 3.8) is 0 Å². The first-order valence-electron chi connectivity index (χ1n) is 9.14. The monoisotopic (exact) mass is 420 g/mol. The number of para-hydroxylation sites is 2. The molecule has 30 heavy (non-hydrogen) atoms. The first-order valence-corrected chi connectivity index (χ1v) is 9.14. The fourth-order valence-corrected chi connectivity index (χ4v) is 2.39. The number of amides is 1. The smallest absolute Gasteiger partial charge is 0.306 e. The minimum Gasteiger partial charge on any atom is -0.490 e. The van der Waals surface area contributed by atoms with Gasteiger partial charge in [-0.2, -0.15) is 4.39 Å². The van der Waals surface area contributed by atoms with Crippen LogP contribution in [0.3, 0.4) is 0 Å². The number of nitrogens with one attached hydrogen (secondary N) is 1. The molecule has 10 heteroatoms. The molecule has 9 nitrogen and oxygen atoms in total. The quantitative estimate of drug-likeness (QED) is 0.256. The van der Waals surface area contributed by atoms with Crippen LogP contribution in [0.5, 0.6) is 11.5 Å². The summed E-state index contributed by atoms with van der Waals surface area (Å²) >= 11 is 0. The number of esters is 1. The molecule has 0 spiro atoms. The second-order valence-corrected chi connectivity index (χ2v) is 5.96. The van der Waals surface area contributed by atoms with Gasteiger partial charge in [0, 0.05) is 18.2 Å². The van der Waals surface area contributed by atoms with E-state index in [9.17, 15) is 24.1 Å². The van der Waals surface area contributed by atoms with Crippen molar-refractivity contribution in [3.8, 4) is 11.5 Å². The molecular formula is C20H21FN2O7. The van der Waals surface area contributed by atoms with Crippen LogP contribution in [0.15, 0.2) is 42.5 Å². The lowest BCUT2D eigenvalue weighted by atomic mass is 10.2. The van der Waals surface area contributed by atoms with Gasteiger partial charge in [-0.15, -0.1) is 0 Å². The lowest BCUT2D eigenvalue weighted by molar-refractivity contribution is -0.387. The number of benzene rings is 2. The second kappa shape index (κ2) is 11.3. The van der Waals surface area contributed by atoms with E-state index in [4.69, 9.17) is 14.2 Å². The van der Waals surface area contributed by atoms with Gasteiger partial charge in [-0.25, -0.2) is 0 Å². The molecule has 0 unspecified atom stereocenters. The molecule has 2 aromatic carbocycles. The molecule has 0 aliphatic carbocycles. The zero-order chi connectivity index (χ0) is 21.9. The summed E-state index contributed by atoms with van der Waals surface area (Å²) in [6.07, 6.45) is 0.400. The van der Waals surface area contributed by atoms with Gasteiger partial charge in [-0.1, -0.05) is 12.1 Å². The Bertz CT molecular complexity index is 904. The van der Waals surface area contributed by atoms with Crippen molar-refractivity contribution in [1.29, 1.82) is 0 Å². The molecule has 0 bridgehead atoms. The molecule has 0 radical (unpaired) electrons. The third-order valence-electron chi connectivity index (χ3n) is 3.72. The van der Waals surface area contributed by atoms with Gasteiger partial charge in [0.05, 0.1) is 18.1 Å². The van der Waals surface area contributed by atoms with Gasteiger partial charge in [0.15, 0.2) is 18.1 Å². The highest BCUT2D eigenvalue weighted by molar-refractivity contribution is 5.93. The van der Waals surface area contributed by atoms with E-state index >= 15 is 0 Å². The number of anilines is 1. The number of rotatable bonds is 11. The average molecular weight is 420 g/mol. The van der Waals surface area contributed by atoms with E-state index in [1.807, 2.05) is 13.0 Å². The number of carbonyl (C=O) groups excluding carboxylic acids is 2. The molecule has 0 saturated carbocycles. The third kappa shape index (κ3) is 7.04. The molecule has 0 aromatic heterocycles. The Morgan fingerprint density at radius 2 is 1.83 bits per heavy atom. The fourth-order valence-electron chi connectivity index (χ4n) is 2.39. The van der Waals surface area contributed by atoms with E-state index in [-0.39, 0.29) is 18.7 Å². The molecule has 0 aliphatic heterocycles. The number of hydrogen-bond acceptors (Lipinski definition) is 7. The normalized spacial score (nSPS) is 10.2. The second-order valence-electron chi connectivity index (χ2n) is 5.96. The maximum absolute atomic E-state index is 13.3. The highest BCUT2D eigenvalue weighted by atomic mass is 19.1. The van der Waals surface area contributed by atoms with Gasteiger partial charge in [0.1, 0.15) is 0 Å². The predicted molar refractivity (Wildman–Crippen MR) is 105 cm³/mol. The minimum absolute atomic E-state index is 0.0190. The molecule has 0 fully saturated rings. The highest BCUT2D eigenvalue weighted by Crippen LogP contribution is 2.26. The molecule has 2 rings (SSSR count). The molecule has 160 valence electrons. The van der Waals surface area contributed by atoms with E-state index < -0.39 is 34.9 Å². The molecule has 2 aromatic rings. The van der Waals surface area contributed by atoms with Gasteiger partial charge >= 0.3 is 11.7 Å². The number of nitro groups is 1. The summed E-state index contributed by atoms with van der Waals surface area (Å²) in [4.78, 5) is 33.4. The zero-order valence-electron chi connectivity index (χ0n) is 16.3. The Morgan fingerprint density at radius 1 is 1.13 bits per heavy atom. The molecular weight excluding hydrogens is 399 g/mol. The molecule has 0 aliphatic rings. The van der Waals surface area contributed by atoms with Crippen molar-refractivity contribution in [3.05, 3.63) is 58.4 Å². The average Bonchev–Trinajstić information content (AvgIpc) is 2.72. The van der Waals surface area contributed by atoms with Crippen LogP contribution < -0.4 is 14.8 Å². The minimum atomic E-state index is -1.02. The Balaban J connectivity index is 1.70. The van der Waals surface area contributed by atoms with Crippen LogP contribution in [0.4, 0.5) is 15.8 Å². The summed E-state index contributed by atoms with van der Waals surface area (Å²) in [6.45, 7) is 2.04. The van der Waals surface area contributed by atoms with Gasteiger partial charge in [0.25, 0.3) is 5.91 Å². The van der Waals surface area contributed by atoms with Crippen LogP contribution in [-0.4, -0.2) is 36.6 Å². The molecule has 0 saturated heterocycles. The van der Waals surface area contributed by atoms with Crippen molar-refractivity contribution >= 4 is 23.3 Å². The number of carbonyl (C=O) groups is 2. The summed E-state index contributed by atoms with van der Waals surface area (Å²) < 4.78 is 29.2. The lowest BCUT2D eigenvalue weighted by Crippen LogP contribution is -2.21. The maximum atomic E-state index is 13.3. The highest BCUT2D eigenvalue weighted by Gasteiger charge is 2.16. The molecule has 0 heterocycles. The third-order valence-corrected chi connectivity index (χ3v) is 3.72. The standard InChI is InChI=1S/C20H21FN2O7/c1-2-28-17-6-3-4-7-18(17)29-11-5-8-20(25)30-13-19(24)22-14-9-10-15(21)16(12-14)23(26)27/h3-4,6-7,9-10,12H,2,5,8,11,13H2,1H3,(H,22,24). The van der Waals surface area contributed by atoms with Crippen LogP contribution in [-0.2, 0) is 14.3 Å². The van der Waals surface area contributed by atoms with E-state index in [1.165, 1.54) is 6.07 Å². The number of nitro benzene ring substituents is 1. The van der Waals surface area contributed by atoms with Crippen LogP contribution in [0.25, 0.3) is 0 Å². The predicted octanol–water partition coefficient (Wildman–Crippen LogP) is 3.47. The summed E-state index contributed by atoms with van der Waals surface area (Å²) in [7, 11) is 0. The van der Waals surface area contributed by atoms with Crippen molar-refractivity contribution in [2.24, 2.45) is 0 Å². The lowest BCUT2D eigenvalue weighted by Gasteiger charge is -2.11. The van der Waals surface area contributed by atoms with E-state index in [0.29, 0.717) is 24.5 Å². The van der Waals surface area contributed by atoms with Crippen LogP contribution >= 0.6 is 0 Å². The summed E-state index contributed by atoms with van der Waals surface area (Å²) in [5.74, 6) is -1.14. The Kier molecular flexibility index (Phi) is 8.55. The summed E-state index contributed by atoms with van der Waals surface area (Å²) in [5.41, 5.74) is -0.749. The van der Waals surface area contributed by atoms with E-state index in [0.717, 1.165) is 12.1 Å². The van der Waals surface area contributed by atoms with Gasteiger partial charge in [-0.3, -0.25) is 19.7 Å². The summed E-state index contributed by atoms with van der Waals surface area (Å²) in [6, 6.07) is 10.1. The van der Waals surface area contributed by atoms with Crippen molar-refractivity contribution < 1.29 is 33.1 Å². The topological polar surface area (TPSA) is 117 Å². The van der Waals surface area contributed by atoms with Crippen LogP contribution in [0.2, 0.25) is 0 Å². The first-order chi connectivity index (χ1) is 14.4. The Hall–Kier alpha value is -3.69. The SMILES string of the molecule is CCOc1ccccc1OCCCC(=O)OCC(=O)Nc1ccc(F)c([N+](=O)[O-])c1. The van der Waals surface area contributed by atoms with Crippen molar-refractivity contribution in [2.45, 2.75) is 19.8 Å². The molecule has 0 atom stereocenters. The number of hydrogen-bond donors (Lipinski definition) is 1. The fraction of sp³-hybridized carbons (Fsp3) is 0.300. The van der Waals surface area contributed by atoms with Crippen molar-refractivity contribution in [2.75, 3.05) is 25.1 Å². The first kappa shape index (κ1) is 22.6. The number of halogens is 1. The van der Waals surface area contributed by atoms with Crippen LogP contribution in [0, 0.1) is 15.9 Å². The summed E-state index contributed by atoms with van der Waals surface area (Å²) in [5, 5.41) is 13.0. The van der Waals surface area contributed by atoms with E-state index in [2.05, 4.69) is 5.32 Å². The largest absolute Gasteiger partial charge is 0.490 e. The van der Waals surface area contributed by atoms with Crippen LogP contribution in [0.1, 0.15) is 19.8 Å². The van der Waals surface area contributed by atoms with Gasteiger partial charge in [-0.05, 0) is 37.6 Å². The van der Waals surface area contributed by atoms with Crippen molar-refractivity contribution in [1.82, 2.24) is 0 Å². The van der Waals surface area contributed by atoms with E-state index in [1.54, 1.807) is 18.2 Å². The van der Waals surface area contributed by atoms with Gasteiger partial charge in [0.2, 0.25) is 5.82 Å². The van der Waals surface area contributed by atoms with Gasteiger partial charge < -0.3 is 19.5 Å². The number of ether oxygens (including phenoxy) is 3. The zero-order valence-corrected chi connectivity index (χ0v) is 16.3. The maximum Gasteiger partial charge on any atom is 0.306 e.